The van der Waals surface area contributed by atoms with Gasteiger partial charge in [-0.3, -0.25) is 0 Å². The van der Waals surface area contributed by atoms with E-state index >= 15 is 0 Å². The second-order valence-corrected chi connectivity index (χ2v) is 11.2. The molecule has 1 heterocycles. The van der Waals surface area contributed by atoms with Gasteiger partial charge in [0.2, 0.25) is 0 Å². The highest BCUT2D eigenvalue weighted by Gasteiger charge is 2.52. The lowest BCUT2D eigenvalue weighted by molar-refractivity contribution is 0.00578. The number of halogens is 1. The molecule has 2 aliphatic rings. The summed E-state index contributed by atoms with van der Waals surface area (Å²) in [5, 5.41) is 11.9. The molecule has 0 aromatic heterocycles. The fraction of sp³-hybridized carbons (Fsp3) is 0.312. The number of nitrogens with zero attached hydrogens (tertiary/aromatic N) is 1. The topological polar surface area (TPSA) is 80.6 Å². The van der Waals surface area contributed by atoms with Crippen LogP contribution in [0.25, 0.3) is 17.2 Å². The Labute approximate surface area is 234 Å². The van der Waals surface area contributed by atoms with Crippen molar-refractivity contribution in [2.24, 2.45) is 0 Å². The van der Waals surface area contributed by atoms with Crippen molar-refractivity contribution in [2.75, 3.05) is 13.2 Å². The van der Waals surface area contributed by atoms with Crippen LogP contribution in [0, 0.1) is 17.1 Å². The fourth-order valence-electron chi connectivity index (χ4n) is 5.14. The molecule has 1 fully saturated rings. The number of benzene rings is 3. The van der Waals surface area contributed by atoms with Crippen molar-refractivity contribution >= 4 is 19.3 Å². The van der Waals surface area contributed by atoms with Crippen molar-refractivity contribution < 1.29 is 23.2 Å². The Morgan fingerprint density at radius 2 is 1.62 bits per heavy atom. The lowest BCUT2D eigenvalue weighted by Crippen LogP contribution is -2.41. The molecule has 0 radical (unpaired) electrons. The maximum Gasteiger partial charge on any atom is 0.492 e. The highest BCUT2D eigenvalue weighted by atomic mass is 19.1. The molecule has 6 nitrogen and oxygen atoms in total. The van der Waals surface area contributed by atoms with Crippen LogP contribution < -0.4 is 5.32 Å². The SMILES string of the molecule is CC1(C)OB(C(=Cc2ccc(F)c(CC#N)c2)CNC(=O)OCC2c3ccccc3-c3ccccc32)OC1(C)C. The van der Waals surface area contributed by atoms with Gasteiger partial charge in [-0.05, 0) is 73.1 Å². The Morgan fingerprint density at radius 1 is 1.02 bits per heavy atom. The van der Waals surface area contributed by atoms with Gasteiger partial charge in [-0.25, -0.2) is 9.18 Å². The van der Waals surface area contributed by atoms with Crippen LogP contribution in [0.15, 0.2) is 72.2 Å². The lowest BCUT2D eigenvalue weighted by atomic mass is 9.77. The van der Waals surface area contributed by atoms with Crippen molar-refractivity contribution in [3.8, 4) is 17.2 Å². The van der Waals surface area contributed by atoms with Gasteiger partial charge in [0, 0.05) is 18.0 Å². The Bertz CT molecular complexity index is 1450. The van der Waals surface area contributed by atoms with Gasteiger partial charge in [0.1, 0.15) is 12.4 Å². The summed E-state index contributed by atoms with van der Waals surface area (Å²) in [6.07, 6.45) is 1.19. The number of amides is 1. The number of carbonyl (C=O) groups is 1. The van der Waals surface area contributed by atoms with Crippen LogP contribution in [0.2, 0.25) is 0 Å². The van der Waals surface area contributed by atoms with Crippen molar-refractivity contribution in [1.29, 1.82) is 5.26 Å². The molecule has 1 aliphatic carbocycles. The van der Waals surface area contributed by atoms with Crippen molar-refractivity contribution in [2.45, 2.75) is 51.2 Å². The summed E-state index contributed by atoms with van der Waals surface area (Å²) in [7, 11) is -0.733. The zero-order valence-corrected chi connectivity index (χ0v) is 23.2. The number of hydrogen-bond donors (Lipinski definition) is 1. The fourth-order valence-corrected chi connectivity index (χ4v) is 5.14. The van der Waals surface area contributed by atoms with E-state index < -0.39 is 30.2 Å². The number of carbonyl (C=O) groups excluding carboxylic acids is 1. The first-order valence-corrected chi connectivity index (χ1v) is 13.4. The van der Waals surface area contributed by atoms with E-state index in [1.54, 1.807) is 18.2 Å². The molecule has 40 heavy (non-hydrogen) atoms. The zero-order chi connectivity index (χ0) is 28.5. The molecule has 1 saturated heterocycles. The van der Waals surface area contributed by atoms with Crippen LogP contribution in [0.3, 0.4) is 0 Å². The third kappa shape index (κ3) is 5.40. The number of fused-ring (bicyclic) bond motifs is 3. The number of alkyl carbamates (subject to hydrolysis) is 1. The first kappa shape index (κ1) is 27.6. The summed E-state index contributed by atoms with van der Waals surface area (Å²) in [5.41, 5.74) is 5.03. The molecule has 0 saturated carbocycles. The highest BCUT2D eigenvalue weighted by Crippen LogP contribution is 2.44. The van der Waals surface area contributed by atoms with Crippen LogP contribution in [0.4, 0.5) is 9.18 Å². The summed E-state index contributed by atoms with van der Waals surface area (Å²) in [4.78, 5) is 12.9. The maximum absolute atomic E-state index is 14.2. The molecule has 0 bridgehead atoms. The minimum atomic E-state index is -0.733. The van der Waals surface area contributed by atoms with Gasteiger partial charge in [0.15, 0.2) is 0 Å². The van der Waals surface area contributed by atoms with E-state index in [1.807, 2.05) is 58.0 Å². The number of ether oxygens (including phenoxy) is 1. The minimum absolute atomic E-state index is 0.0443. The number of rotatable bonds is 7. The molecule has 1 aliphatic heterocycles. The van der Waals surface area contributed by atoms with Crippen LogP contribution in [0.5, 0.6) is 0 Å². The van der Waals surface area contributed by atoms with Crippen LogP contribution in [0.1, 0.15) is 55.9 Å². The molecule has 0 spiro atoms. The van der Waals surface area contributed by atoms with Gasteiger partial charge in [-0.1, -0.05) is 60.7 Å². The van der Waals surface area contributed by atoms with Gasteiger partial charge < -0.3 is 19.4 Å². The summed E-state index contributed by atoms with van der Waals surface area (Å²) in [5.74, 6) is -0.485. The summed E-state index contributed by atoms with van der Waals surface area (Å²) >= 11 is 0. The first-order chi connectivity index (χ1) is 19.1. The smallest absolute Gasteiger partial charge is 0.449 e. The highest BCUT2D eigenvalue weighted by molar-refractivity contribution is 6.56. The second kappa shape index (κ2) is 10.9. The Morgan fingerprint density at radius 3 is 2.23 bits per heavy atom. The van der Waals surface area contributed by atoms with Gasteiger partial charge in [-0.2, -0.15) is 5.26 Å². The van der Waals surface area contributed by atoms with E-state index in [-0.39, 0.29) is 25.5 Å². The lowest BCUT2D eigenvalue weighted by Gasteiger charge is -2.32. The van der Waals surface area contributed by atoms with Crippen molar-refractivity contribution in [3.05, 3.63) is 100 Å². The van der Waals surface area contributed by atoms with E-state index in [2.05, 4.69) is 29.6 Å². The Balaban J connectivity index is 1.32. The average molecular weight is 538 g/mol. The van der Waals surface area contributed by atoms with Crippen LogP contribution >= 0.6 is 0 Å². The number of nitrogens with one attached hydrogen (secondary N) is 1. The predicted octanol–water partition coefficient (Wildman–Crippen LogP) is 6.45. The van der Waals surface area contributed by atoms with E-state index in [1.165, 1.54) is 6.07 Å². The Hall–Kier alpha value is -3.93. The van der Waals surface area contributed by atoms with Crippen molar-refractivity contribution in [3.63, 3.8) is 0 Å². The summed E-state index contributed by atoms with van der Waals surface area (Å²) in [6.45, 7) is 8.10. The number of hydrogen-bond acceptors (Lipinski definition) is 5. The summed E-state index contributed by atoms with van der Waals surface area (Å²) < 4.78 is 32.3. The van der Waals surface area contributed by atoms with Gasteiger partial charge in [0.25, 0.3) is 0 Å². The largest absolute Gasteiger partial charge is 0.492 e. The van der Waals surface area contributed by atoms with E-state index in [0.717, 1.165) is 22.3 Å². The standard InChI is InChI=1S/C32H32BFN2O4/c1-31(2)32(3,4)40-33(39-31)23(18-21-13-14-29(34)22(17-21)15-16-35)19-36-30(37)38-20-28-26-11-7-5-9-24(26)25-10-6-8-12-27(25)28/h5-14,17-18,28H,15,19-20H2,1-4H3,(H,36,37). The molecule has 5 rings (SSSR count). The van der Waals surface area contributed by atoms with Crippen LogP contribution in [-0.2, 0) is 20.5 Å². The third-order valence-electron chi connectivity index (χ3n) is 8.03. The Kier molecular flexibility index (Phi) is 7.54. The van der Waals surface area contributed by atoms with Crippen LogP contribution in [-0.4, -0.2) is 37.6 Å². The first-order valence-electron chi connectivity index (χ1n) is 13.4. The zero-order valence-electron chi connectivity index (χ0n) is 23.2. The van der Waals surface area contributed by atoms with Gasteiger partial charge in [0.05, 0.1) is 23.7 Å². The van der Waals surface area contributed by atoms with Gasteiger partial charge >= 0.3 is 13.2 Å². The van der Waals surface area contributed by atoms with Gasteiger partial charge in [-0.15, -0.1) is 0 Å². The second-order valence-electron chi connectivity index (χ2n) is 11.2. The minimum Gasteiger partial charge on any atom is -0.449 e. The maximum atomic E-state index is 14.2. The monoisotopic (exact) mass is 538 g/mol. The molecular formula is C32H32BFN2O4. The molecule has 3 aromatic rings. The molecule has 3 aromatic carbocycles. The quantitative estimate of drug-likeness (QED) is 0.350. The molecule has 1 amide bonds. The average Bonchev–Trinajstić information content (AvgIpc) is 3.36. The molecular weight excluding hydrogens is 506 g/mol. The summed E-state index contributed by atoms with van der Waals surface area (Å²) in [6, 6.07) is 22.9. The molecule has 8 heteroatoms. The third-order valence-corrected chi connectivity index (χ3v) is 8.03. The van der Waals surface area contributed by atoms with E-state index in [9.17, 15) is 9.18 Å². The van der Waals surface area contributed by atoms with E-state index in [0.29, 0.717) is 16.6 Å². The predicted molar refractivity (Wildman–Crippen MR) is 153 cm³/mol. The number of nitriles is 1. The molecule has 0 atom stereocenters. The molecule has 204 valence electrons. The van der Waals surface area contributed by atoms with E-state index in [4.69, 9.17) is 19.3 Å². The normalized spacial score (nSPS) is 17.2. The molecule has 0 unspecified atom stereocenters. The van der Waals surface area contributed by atoms with Crippen molar-refractivity contribution in [1.82, 2.24) is 5.32 Å². The molecule has 1 N–H and O–H groups in total.